The minimum atomic E-state index is 0.116. The molecule has 0 spiro atoms. The summed E-state index contributed by atoms with van der Waals surface area (Å²) >= 11 is 0. The summed E-state index contributed by atoms with van der Waals surface area (Å²) in [7, 11) is 0. The summed E-state index contributed by atoms with van der Waals surface area (Å²) < 4.78 is 5.71. The number of rotatable bonds is 5. The van der Waals surface area contributed by atoms with Crippen LogP contribution in [0.5, 0.6) is 5.75 Å². The van der Waals surface area contributed by atoms with Crippen LogP contribution in [0.4, 0.5) is 0 Å². The number of likely N-dealkylation sites (tertiary alicyclic amines) is 1. The molecule has 3 nitrogen and oxygen atoms in total. The summed E-state index contributed by atoms with van der Waals surface area (Å²) in [5.41, 5.74) is 1.92. The van der Waals surface area contributed by atoms with Crippen molar-refractivity contribution in [2.24, 2.45) is 0 Å². The molecule has 0 atom stereocenters. The molecule has 0 unspecified atom stereocenters. The highest BCUT2D eigenvalue weighted by Gasteiger charge is 2.14. The summed E-state index contributed by atoms with van der Waals surface area (Å²) in [6.45, 7) is 7.45. The molecule has 3 heteroatoms. The Kier molecular flexibility index (Phi) is 5.60. The molecule has 0 radical (unpaired) electrons. The average Bonchev–Trinajstić information content (AvgIpc) is 2.69. The zero-order valence-corrected chi connectivity index (χ0v) is 12.7. The van der Waals surface area contributed by atoms with Crippen LogP contribution in [0.25, 0.3) is 0 Å². The molecular weight excluding hydrogens is 250 g/mol. The normalized spacial score (nSPS) is 16.7. The van der Waals surface area contributed by atoms with Crippen LogP contribution in [0.3, 0.4) is 0 Å². The largest absolute Gasteiger partial charge is 0.494 e. The molecule has 0 N–H and O–H groups in total. The monoisotopic (exact) mass is 275 g/mol. The van der Waals surface area contributed by atoms with Gasteiger partial charge in [-0.1, -0.05) is 12.8 Å². The molecule has 1 heterocycles. The number of Topliss-reactive ketones (excluding diaryl/α,β-unsaturated/α-hetero) is 1. The smallest absolute Gasteiger partial charge is 0.159 e. The van der Waals surface area contributed by atoms with Gasteiger partial charge in [0.2, 0.25) is 0 Å². The van der Waals surface area contributed by atoms with Gasteiger partial charge in [0, 0.05) is 17.7 Å². The lowest BCUT2D eigenvalue weighted by atomic mass is 10.1. The van der Waals surface area contributed by atoms with Gasteiger partial charge in [-0.25, -0.2) is 0 Å². The van der Waals surface area contributed by atoms with E-state index in [1.165, 1.54) is 25.7 Å². The van der Waals surface area contributed by atoms with Crippen molar-refractivity contribution in [2.75, 3.05) is 19.7 Å². The first kappa shape index (κ1) is 15.0. The molecule has 20 heavy (non-hydrogen) atoms. The minimum Gasteiger partial charge on any atom is -0.494 e. The van der Waals surface area contributed by atoms with Crippen molar-refractivity contribution in [3.05, 3.63) is 29.3 Å². The van der Waals surface area contributed by atoms with Crippen LogP contribution >= 0.6 is 0 Å². The Hall–Kier alpha value is -1.35. The number of nitrogens with zero attached hydrogens (tertiary/aromatic N) is 1. The van der Waals surface area contributed by atoms with Crippen LogP contribution < -0.4 is 4.74 Å². The van der Waals surface area contributed by atoms with Crippen LogP contribution in [0, 0.1) is 0 Å². The number of carbonyl (C=O) groups is 1. The highest BCUT2D eigenvalue weighted by atomic mass is 16.5. The first-order valence-electron chi connectivity index (χ1n) is 7.69. The second-order valence-corrected chi connectivity index (χ2v) is 5.50. The van der Waals surface area contributed by atoms with Gasteiger partial charge in [-0.15, -0.1) is 0 Å². The fourth-order valence-corrected chi connectivity index (χ4v) is 2.75. The van der Waals surface area contributed by atoms with Crippen molar-refractivity contribution in [3.63, 3.8) is 0 Å². The molecule has 0 aliphatic carbocycles. The Morgan fingerprint density at radius 2 is 1.90 bits per heavy atom. The fourth-order valence-electron chi connectivity index (χ4n) is 2.75. The second kappa shape index (κ2) is 7.44. The Morgan fingerprint density at radius 3 is 2.50 bits per heavy atom. The lowest BCUT2D eigenvalue weighted by molar-refractivity contribution is 0.101. The lowest BCUT2D eigenvalue weighted by Gasteiger charge is -2.21. The first-order chi connectivity index (χ1) is 9.70. The van der Waals surface area contributed by atoms with E-state index in [2.05, 4.69) is 4.90 Å². The summed E-state index contributed by atoms with van der Waals surface area (Å²) in [5.74, 6) is 1.03. The van der Waals surface area contributed by atoms with Crippen LogP contribution in [0.15, 0.2) is 18.2 Å². The summed E-state index contributed by atoms with van der Waals surface area (Å²) in [5, 5.41) is 0. The van der Waals surface area contributed by atoms with E-state index in [0.29, 0.717) is 6.61 Å². The summed E-state index contributed by atoms with van der Waals surface area (Å²) in [4.78, 5) is 14.0. The van der Waals surface area contributed by atoms with Crippen LogP contribution in [-0.4, -0.2) is 30.4 Å². The molecule has 1 fully saturated rings. The maximum Gasteiger partial charge on any atom is 0.159 e. The topological polar surface area (TPSA) is 29.5 Å². The van der Waals surface area contributed by atoms with Gasteiger partial charge in [-0.2, -0.15) is 0 Å². The predicted octanol–water partition coefficient (Wildman–Crippen LogP) is 3.66. The van der Waals surface area contributed by atoms with Crippen molar-refractivity contribution in [1.82, 2.24) is 4.90 Å². The SMILES string of the molecule is CCOc1ccc(C(C)=O)cc1CN1CCCCCC1. The van der Waals surface area contributed by atoms with Crippen molar-refractivity contribution in [3.8, 4) is 5.75 Å². The van der Waals surface area contributed by atoms with E-state index in [1.807, 2.05) is 25.1 Å². The molecule has 1 aliphatic rings. The minimum absolute atomic E-state index is 0.116. The molecule has 1 aromatic carbocycles. The first-order valence-corrected chi connectivity index (χ1v) is 7.69. The van der Waals surface area contributed by atoms with Crippen LogP contribution in [0.1, 0.15) is 55.5 Å². The number of ether oxygens (including phenoxy) is 1. The molecule has 1 aliphatic heterocycles. The standard InChI is InChI=1S/C17H25NO2/c1-3-20-17-9-8-15(14(2)19)12-16(17)13-18-10-6-4-5-7-11-18/h8-9,12H,3-7,10-11,13H2,1-2H3. The van der Waals surface area contributed by atoms with E-state index in [1.54, 1.807) is 6.92 Å². The van der Waals surface area contributed by atoms with Crippen molar-refractivity contribution in [1.29, 1.82) is 0 Å². The average molecular weight is 275 g/mol. The quantitative estimate of drug-likeness (QED) is 0.768. The van der Waals surface area contributed by atoms with Gasteiger partial charge in [0.05, 0.1) is 6.61 Å². The van der Waals surface area contributed by atoms with E-state index in [9.17, 15) is 4.79 Å². The number of carbonyl (C=O) groups excluding carboxylic acids is 1. The van der Waals surface area contributed by atoms with Crippen molar-refractivity contribution in [2.45, 2.75) is 46.1 Å². The zero-order chi connectivity index (χ0) is 14.4. The second-order valence-electron chi connectivity index (χ2n) is 5.50. The Morgan fingerprint density at radius 1 is 1.20 bits per heavy atom. The third-order valence-electron chi connectivity index (χ3n) is 3.86. The number of benzene rings is 1. The molecule has 1 saturated heterocycles. The summed E-state index contributed by atoms with van der Waals surface area (Å²) in [6.07, 6.45) is 5.22. The molecule has 1 aromatic rings. The fraction of sp³-hybridized carbons (Fsp3) is 0.588. The number of hydrogen-bond acceptors (Lipinski definition) is 3. The maximum absolute atomic E-state index is 11.6. The van der Waals surface area contributed by atoms with Gasteiger partial charge in [-0.3, -0.25) is 9.69 Å². The third-order valence-corrected chi connectivity index (χ3v) is 3.86. The third kappa shape index (κ3) is 4.07. The molecule has 0 aromatic heterocycles. The molecule has 0 saturated carbocycles. The van der Waals surface area contributed by atoms with Gasteiger partial charge < -0.3 is 4.74 Å². The molecule has 0 bridgehead atoms. The van der Waals surface area contributed by atoms with Gasteiger partial charge in [-0.05, 0) is 58.0 Å². The lowest BCUT2D eigenvalue weighted by Crippen LogP contribution is -2.24. The van der Waals surface area contributed by atoms with E-state index < -0.39 is 0 Å². The molecule has 2 rings (SSSR count). The Bertz CT molecular complexity index is 448. The van der Waals surface area contributed by atoms with Crippen molar-refractivity contribution >= 4 is 5.78 Å². The van der Waals surface area contributed by atoms with Crippen LogP contribution in [-0.2, 0) is 6.54 Å². The molecule has 0 amide bonds. The van der Waals surface area contributed by atoms with Gasteiger partial charge in [0.25, 0.3) is 0 Å². The highest BCUT2D eigenvalue weighted by Crippen LogP contribution is 2.23. The van der Waals surface area contributed by atoms with Gasteiger partial charge in [0.1, 0.15) is 5.75 Å². The van der Waals surface area contributed by atoms with Crippen LogP contribution in [0.2, 0.25) is 0 Å². The Balaban J connectivity index is 2.17. The Labute approximate surface area is 121 Å². The number of ketones is 1. The van der Waals surface area contributed by atoms with Crippen molar-refractivity contribution < 1.29 is 9.53 Å². The predicted molar refractivity (Wildman–Crippen MR) is 81.4 cm³/mol. The molecular formula is C17H25NO2. The van der Waals surface area contributed by atoms with E-state index in [0.717, 1.165) is 36.5 Å². The van der Waals surface area contributed by atoms with Gasteiger partial charge in [0.15, 0.2) is 5.78 Å². The van der Waals surface area contributed by atoms with E-state index in [-0.39, 0.29) is 5.78 Å². The zero-order valence-electron chi connectivity index (χ0n) is 12.7. The van der Waals surface area contributed by atoms with E-state index >= 15 is 0 Å². The number of hydrogen-bond donors (Lipinski definition) is 0. The summed E-state index contributed by atoms with van der Waals surface area (Å²) in [6, 6.07) is 5.80. The van der Waals surface area contributed by atoms with Gasteiger partial charge >= 0.3 is 0 Å². The highest BCUT2D eigenvalue weighted by molar-refractivity contribution is 5.94. The van der Waals surface area contributed by atoms with E-state index in [4.69, 9.17) is 4.74 Å². The molecule has 110 valence electrons. The maximum atomic E-state index is 11.6.